The highest BCUT2D eigenvalue weighted by Crippen LogP contribution is 2.25. The Kier molecular flexibility index (Phi) is 9.87. The lowest BCUT2D eigenvalue weighted by Crippen LogP contribution is -2.34. The highest BCUT2D eigenvalue weighted by atomic mass is 79.9. The van der Waals surface area contributed by atoms with Gasteiger partial charge in [0, 0.05) is 37.3 Å². The van der Waals surface area contributed by atoms with Crippen LogP contribution in [0.5, 0.6) is 0 Å². The molecule has 0 heterocycles. The van der Waals surface area contributed by atoms with Crippen molar-refractivity contribution < 1.29 is 9.84 Å². The summed E-state index contributed by atoms with van der Waals surface area (Å²) in [5.74, 6) is 0. The zero-order chi connectivity index (χ0) is 15.5. The van der Waals surface area contributed by atoms with Gasteiger partial charge in [-0.1, -0.05) is 41.1 Å². The Morgan fingerprint density at radius 1 is 1.29 bits per heavy atom. The summed E-state index contributed by atoms with van der Waals surface area (Å²) in [6.07, 6.45) is 1.00. The minimum Gasteiger partial charge on any atom is -0.395 e. The molecule has 0 bridgehead atoms. The van der Waals surface area contributed by atoms with Gasteiger partial charge in [-0.05, 0) is 24.6 Å². The topological polar surface area (TPSA) is 44.7 Å². The number of rotatable bonds is 11. The number of nitrogens with zero attached hydrogens (tertiary/aromatic N) is 1. The number of halogens is 1. The fourth-order valence-electron chi connectivity index (χ4n) is 2.38. The van der Waals surface area contributed by atoms with E-state index >= 15 is 0 Å². The fraction of sp³-hybridized carbons (Fsp3) is 0.625. The molecule has 0 radical (unpaired) electrons. The minimum absolute atomic E-state index is 0.185. The van der Waals surface area contributed by atoms with E-state index in [2.05, 4.69) is 51.3 Å². The van der Waals surface area contributed by atoms with Gasteiger partial charge in [0.1, 0.15) is 0 Å². The molecule has 0 saturated carbocycles. The van der Waals surface area contributed by atoms with Crippen molar-refractivity contribution in [2.45, 2.75) is 19.4 Å². The number of hydrogen-bond donors (Lipinski definition) is 2. The van der Waals surface area contributed by atoms with Crippen LogP contribution in [0.3, 0.4) is 0 Å². The molecule has 0 saturated heterocycles. The molecule has 0 fully saturated rings. The summed E-state index contributed by atoms with van der Waals surface area (Å²) < 4.78 is 6.27. The molecule has 0 spiro atoms. The Morgan fingerprint density at radius 2 is 2.05 bits per heavy atom. The molecule has 120 valence electrons. The third-order valence-electron chi connectivity index (χ3n) is 3.49. The van der Waals surface area contributed by atoms with Crippen molar-refractivity contribution in [2.24, 2.45) is 0 Å². The molecular formula is C16H27BrN2O2. The van der Waals surface area contributed by atoms with Gasteiger partial charge in [0.15, 0.2) is 0 Å². The molecular weight excluding hydrogens is 332 g/mol. The van der Waals surface area contributed by atoms with Crippen molar-refractivity contribution in [3.8, 4) is 0 Å². The SMILES string of the molecule is CCNC(CCN(CCO)CCOC)c1ccccc1Br. The predicted octanol–water partition coefficient (Wildman–Crippen LogP) is 2.43. The fourth-order valence-corrected chi connectivity index (χ4v) is 2.94. The van der Waals surface area contributed by atoms with E-state index in [4.69, 9.17) is 9.84 Å². The van der Waals surface area contributed by atoms with Gasteiger partial charge in [0.05, 0.1) is 13.2 Å². The van der Waals surface area contributed by atoms with Gasteiger partial charge < -0.3 is 15.2 Å². The normalized spacial score (nSPS) is 12.8. The lowest BCUT2D eigenvalue weighted by molar-refractivity contribution is 0.127. The van der Waals surface area contributed by atoms with E-state index in [1.807, 2.05) is 6.07 Å². The number of nitrogens with one attached hydrogen (secondary N) is 1. The van der Waals surface area contributed by atoms with Crippen LogP contribution in [0.4, 0.5) is 0 Å². The van der Waals surface area contributed by atoms with Crippen LogP contribution in [-0.4, -0.2) is 56.5 Å². The minimum atomic E-state index is 0.185. The summed E-state index contributed by atoms with van der Waals surface area (Å²) >= 11 is 3.63. The summed E-state index contributed by atoms with van der Waals surface area (Å²) in [6.45, 7) is 6.42. The Morgan fingerprint density at radius 3 is 2.67 bits per heavy atom. The maximum Gasteiger partial charge on any atom is 0.0589 e. The molecule has 5 heteroatoms. The van der Waals surface area contributed by atoms with Crippen LogP contribution in [0, 0.1) is 0 Å². The summed E-state index contributed by atoms with van der Waals surface area (Å²) in [5, 5.41) is 12.7. The second-order valence-electron chi connectivity index (χ2n) is 4.98. The van der Waals surface area contributed by atoms with Crippen LogP contribution >= 0.6 is 15.9 Å². The molecule has 1 rings (SSSR count). The molecule has 0 amide bonds. The molecule has 1 aromatic rings. The average Bonchev–Trinajstić information content (AvgIpc) is 2.49. The van der Waals surface area contributed by atoms with E-state index in [0.29, 0.717) is 19.2 Å². The van der Waals surface area contributed by atoms with E-state index in [0.717, 1.165) is 30.5 Å². The highest BCUT2D eigenvalue weighted by molar-refractivity contribution is 9.10. The first kappa shape index (κ1) is 18.6. The van der Waals surface area contributed by atoms with Gasteiger partial charge in [0.2, 0.25) is 0 Å². The molecule has 0 aliphatic carbocycles. The molecule has 0 aliphatic heterocycles. The lowest BCUT2D eigenvalue weighted by atomic mass is 10.0. The van der Waals surface area contributed by atoms with E-state index in [-0.39, 0.29) is 6.61 Å². The maximum atomic E-state index is 9.16. The van der Waals surface area contributed by atoms with Crippen LogP contribution in [0.2, 0.25) is 0 Å². The van der Waals surface area contributed by atoms with Gasteiger partial charge in [-0.25, -0.2) is 0 Å². The third kappa shape index (κ3) is 6.89. The van der Waals surface area contributed by atoms with Crippen molar-refractivity contribution in [1.29, 1.82) is 0 Å². The average molecular weight is 359 g/mol. The van der Waals surface area contributed by atoms with Crippen LogP contribution in [-0.2, 0) is 4.74 Å². The molecule has 1 aromatic carbocycles. The maximum absolute atomic E-state index is 9.16. The molecule has 4 nitrogen and oxygen atoms in total. The van der Waals surface area contributed by atoms with Crippen molar-refractivity contribution >= 4 is 15.9 Å². The summed E-state index contributed by atoms with van der Waals surface area (Å²) in [4.78, 5) is 2.24. The van der Waals surface area contributed by atoms with Crippen LogP contribution in [0.25, 0.3) is 0 Å². The zero-order valence-corrected chi connectivity index (χ0v) is 14.6. The van der Waals surface area contributed by atoms with Crippen LogP contribution in [0.15, 0.2) is 28.7 Å². The first-order valence-corrected chi connectivity index (χ1v) is 8.32. The number of aliphatic hydroxyl groups is 1. The van der Waals surface area contributed by atoms with Crippen molar-refractivity contribution in [3.05, 3.63) is 34.3 Å². The Labute approximate surface area is 136 Å². The number of hydrogen-bond acceptors (Lipinski definition) is 4. The van der Waals surface area contributed by atoms with E-state index in [9.17, 15) is 0 Å². The highest BCUT2D eigenvalue weighted by Gasteiger charge is 2.15. The molecule has 0 aromatic heterocycles. The second-order valence-corrected chi connectivity index (χ2v) is 5.83. The largest absolute Gasteiger partial charge is 0.395 e. The van der Waals surface area contributed by atoms with Crippen molar-refractivity contribution in [2.75, 3.05) is 46.5 Å². The molecule has 2 N–H and O–H groups in total. The van der Waals surface area contributed by atoms with Crippen LogP contribution in [0.1, 0.15) is 24.9 Å². The van der Waals surface area contributed by atoms with Crippen molar-refractivity contribution in [3.63, 3.8) is 0 Å². The van der Waals surface area contributed by atoms with Gasteiger partial charge in [-0.3, -0.25) is 4.90 Å². The molecule has 0 aliphatic rings. The number of aliphatic hydroxyl groups excluding tert-OH is 1. The predicted molar refractivity (Wildman–Crippen MR) is 90.6 cm³/mol. The Balaban J connectivity index is 2.62. The van der Waals surface area contributed by atoms with Crippen LogP contribution < -0.4 is 5.32 Å². The standard InChI is InChI=1S/C16H27BrN2O2/c1-3-18-16(14-6-4-5-7-15(14)17)8-9-19(10-12-20)11-13-21-2/h4-7,16,18,20H,3,8-13H2,1-2H3. The Hall–Kier alpha value is -0.460. The van der Waals surface area contributed by atoms with Gasteiger partial charge in [-0.15, -0.1) is 0 Å². The van der Waals surface area contributed by atoms with Crippen molar-refractivity contribution in [1.82, 2.24) is 10.2 Å². The van der Waals surface area contributed by atoms with E-state index in [1.54, 1.807) is 7.11 Å². The monoisotopic (exact) mass is 358 g/mol. The quantitative estimate of drug-likeness (QED) is 0.637. The Bertz CT molecular complexity index is 390. The summed E-state index contributed by atoms with van der Waals surface area (Å²) in [5.41, 5.74) is 1.29. The number of methoxy groups -OCH3 is 1. The second kappa shape index (κ2) is 11.2. The smallest absolute Gasteiger partial charge is 0.0589 e. The van der Waals surface area contributed by atoms with Gasteiger partial charge in [0.25, 0.3) is 0 Å². The first-order chi connectivity index (χ1) is 10.2. The van der Waals surface area contributed by atoms with E-state index in [1.165, 1.54) is 5.56 Å². The van der Waals surface area contributed by atoms with E-state index < -0.39 is 0 Å². The zero-order valence-electron chi connectivity index (χ0n) is 13.0. The molecule has 21 heavy (non-hydrogen) atoms. The number of ether oxygens (including phenoxy) is 1. The van der Waals surface area contributed by atoms with Gasteiger partial charge in [-0.2, -0.15) is 0 Å². The first-order valence-electron chi connectivity index (χ1n) is 7.52. The lowest BCUT2D eigenvalue weighted by Gasteiger charge is -2.25. The molecule has 1 unspecified atom stereocenters. The van der Waals surface area contributed by atoms with Gasteiger partial charge >= 0.3 is 0 Å². The summed E-state index contributed by atoms with van der Waals surface area (Å²) in [7, 11) is 1.71. The third-order valence-corrected chi connectivity index (χ3v) is 4.22. The molecule has 1 atom stereocenters. The summed E-state index contributed by atoms with van der Waals surface area (Å²) in [6, 6.07) is 8.65. The number of benzene rings is 1.